The van der Waals surface area contributed by atoms with Crippen molar-refractivity contribution in [1.29, 1.82) is 0 Å². The van der Waals surface area contributed by atoms with Crippen LogP contribution in [0.2, 0.25) is 0 Å². The molecule has 94 valence electrons. The van der Waals surface area contributed by atoms with Crippen molar-refractivity contribution in [3.8, 4) is 11.4 Å². The van der Waals surface area contributed by atoms with Crippen molar-refractivity contribution in [3.63, 3.8) is 0 Å². The molecule has 2 aromatic rings. The fourth-order valence-electron chi connectivity index (χ4n) is 2.57. The molecule has 1 aromatic carbocycles. The summed E-state index contributed by atoms with van der Waals surface area (Å²) in [5.74, 6) is 1.67. The molecule has 0 saturated heterocycles. The summed E-state index contributed by atoms with van der Waals surface area (Å²) < 4.78 is 15.3. The van der Waals surface area contributed by atoms with E-state index in [0.717, 1.165) is 17.8 Å². The van der Waals surface area contributed by atoms with Crippen molar-refractivity contribution in [2.24, 2.45) is 5.73 Å². The predicted octanol–water partition coefficient (Wildman–Crippen LogP) is 1.92. The number of fused-ring (bicyclic) bond motifs is 1. The molecule has 0 aliphatic carbocycles. The highest BCUT2D eigenvalue weighted by Gasteiger charge is 2.26. The Balaban J connectivity index is 2.09. The molecule has 5 heteroatoms. The molecule has 3 rings (SSSR count). The van der Waals surface area contributed by atoms with E-state index in [-0.39, 0.29) is 11.9 Å². The topological polar surface area (TPSA) is 56.7 Å². The highest BCUT2D eigenvalue weighted by molar-refractivity contribution is 5.55. The average Bonchev–Trinajstić information content (AvgIpc) is 2.72. The maximum Gasteiger partial charge on any atom is 0.164 e. The second-order valence-electron chi connectivity index (χ2n) is 4.90. The third kappa shape index (κ3) is 1.80. The summed E-state index contributed by atoms with van der Waals surface area (Å²) in [6.45, 7) is 2.79. The third-order valence-electron chi connectivity index (χ3n) is 3.38. The molecule has 4 nitrogen and oxygen atoms in total. The van der Waals surface area contributed by atoms with Crippen molar-refractivity contribution in [3.05, 3.63) is 35.9 Å². The number of benzene rings is 1. The van der Waals surface area contributed by atoms with Gasteiger partial charge in [-0.3, -0.25) is 0 Å². The highest BCUT2D eigenvalue weighted by Crippen LogP contribution is 2.29. The van der Waals surface area contributed by atoms with Crippen LogP contribution in [0.1, 0.15) is 25.1 Å². The van der Waals surface area contributed by atoms with Gasteiger partial charge in [0.1, 0.15) is 11.6 Å². The normalized spacial score (nSPS) is 22.8. The number of hydrogen-bond donors (Lipinski definition) is 1. The standard InChI is InChI=1S/C13H15FN4/c1-8-5-11(15)7-18-12(8)16-17-13(18)9-3-2-4-10(14)6-9/h2-4,6,8,11H,5,7,15H2,1H3. The van der Waals surface area contributed by atoms with Gasteiger partial charge in [0.2, 0.25) is 0 Å². The molecule has 2 heterocycles. The van der Waals surface area contributed by atoms with Crippen LogP contribution in [0.25, 0.3) is 11.4 Å². The summed E-state index contributed by atoms with van der Waals surface area (Å²) in [5, 5.41) is 8.40. The first kappa shape index (κ1) is 11.3. The Morgan fingerprint density at radius 1 is 1.39 bits per heavy atom. The summed E-state index contributed by atoms with van der Waals surface area (Å²) in [4.78, 5) is 0. The third-order valence-corrected chi connectivity index (χ3v) is 3.38. The minimum Gasteiger partial charge on any atom is -0.326 e. The minimum absolute atomic E-state index is 0.107. The predicted molar refractivity (Wildman–Crippen MR) is 66.4 cm³/mol. The second kappa shape index (κ2) is 4.17. The summed E-state index contributed by atoms with van der Waals surface area (Å²) in [7, 11) is 0. The number of nitrogens with two attached hydrogens (primary N) is 1. The van der Waals surface area contributed by atoms with E-state index in [4.69, 9.17) is 5.73 Å². The second-order valence-corrected chi connectivity index (χ2v) is 4.90. The van der Waals surface area contributed by atoms with Gasteiger partial charge in [-0.05, 0) is 18.6 Å². The zero-order valence-electron chi connectivity index (χ0n) is 10.2. The van der Waals surface area contributed by atoms with Crippen LogP contribution >= 0.6 is 0 Å². The van der Waals surface area contributed by atoms with Crippen LogP contribution in [0.3, 0.4) is 0 Å². The van der Waals surface area contributed by atoms with Gasteiger partial charge in [-0.25, -0.2) is 4.39 Å². The molecule has 1 aliphatic rings. The van der Waals surface area contributed by atoms with Gasteiger partial charge >= 0.3 is 0 Å². The summed E-state index contributed by atoms with van der Waals surface area (Å²) in [6.07, 6.45) is 0.918. The van der Waals surface area contributed by atoms with Crippen LogP contribution in [-0.4, -0.2) is 20.8 Å². The quantitative estimate of drug-likeness (QED) is 0.836. The molecule has 2 atom stereocenters. The van der Waals surface area contributed by atoms with Gasteiger partial charge < -0.3 is 10.3 Å². The molecule has 0 radical (unpaired) electrons. The lowest BCUT2D eigenvalue weighted by Crippen LogP contribution is -2.33. The minimum atomic E-state index is -0.266. The molecule has 1 aliphatic heterocycles. The summed E-state index contributed by atoms with van der Waals surface area (Å²) in [6, 6.07) is 6.52. The van der Waals surface area contributed by atoms with Crippen LogP contribution < -0.4 is 5.73 Å². The number of halogens is 1. The Morgan fingerprint density at radius 2 is 2.22 bits per heavy atom. The molecule has 0 fully saturated rings. The van der Waals surface area contributed by atoms with E-state index in [1.165, 1.54) is 12.1 Å². The Hall–Kier alpha value is -1.75. The Kier molecular flexibility index (Phi) is 2.63. The Morgan fingerprint density at radius 3 is 3.00 bits per heavy atom. The fraction of sp³-hybridized carbons (Fsp3) is 0.385. The van der Waals surface area contributed by atoms with Gasteiger partial charge in [-0.15, -0.1) is 10.2 Å². The molecule has 0 saturated carbocycles. The van der Waals surface area contributed by atoms with Crippen molar-refractivity contribution >= 4 is 0 Å². The van der Waals surface area contributed by atoms with Crippen LogP contribution in [0, 0.1) is 5.82 Å². The van der Waals surface area contributed by atoms with Crippen molar-refractivity contribution in [1.82, 2.24) is 14.8 Å². The van der Waals surface area contributed by atoms with Gasteiger partial charge in [0, 0.05) is 24.1 Å². The van der Waals surface area contributed by atoms with E-state index < -0.39 is 0 Å². The molecule has 0 spiro atoms. The van der Waals surface area contributed by atoms with E-state index >= 15 is 0 Å². The van der Waals surface area contributed by atoms with Crippen LogP contribution in [0.15, 0.2) is 24.3 Å². The highest BCUT2D eigenvalue weighted by atomic mass is 19.1. The van der Waals surface area contributed by atoms with Gasteiger partial charge in [0.25, 0.3) is 0 Å². The fourth-order valence-corrected chi connectivity index (χ4v) is 2.57. The van der Waals surface area contributed by atoms with Crippen LogP contribution in [0.5, 0.6) is 0 Å². The van der Waals surface area contributed by atoms with Crippen LogP contribution in [0.4, 0.5) is 4.39 Å². The van der Waals surface area contributed by atoms with E-state index in [2.05, 4.69) is 17.1 Å². The van der Waals surface area contributed by atoms with Crippen molar-refractivity contribution < 1.29 is 4.39 Å². The molecular weight excluding hydrogens is 231 g/mol. The molecule has 2 N–H and O–H groups in total. The summed E-state index contributed by atoms with van der Waals surface area (Å²) in [5.41, 5.74) is 6.77. The van der Waals surface area contributed by atoms with Crippen LogP contribution in [-0.2, 0) is 6.54 Å². The van der Waals surface area contributed by atoms with Crippen molar-refractivity contribution in [2.75, 3.05) is 0 Å². The molecule has 0 amide bonds. The first-order chi connectivity index (χ1) is 8.65. The number of rotatable bonds is 1. The number of hydrogen-bond acceptors (Lipinski definition) is 3. The molecule has 1 aromatic heterocycles. The van der Waals surface area contributed by atoms with Crippen molar-refractivity contribution in [2.45, 2.75) is 31.8 Å². The van der Waals surface area contributed by atoms with Gasteiger partial charge in [-0.2, -0.15) is 0 Å². The smallest absolute Gasteiger partial charge is 0.164 e. The van der Waals surface area contributed by atoms with Gasteiger partial charge in [0.05, 0.1) is 0 Å². The maximum atomic E-state index is 13.3. The number of nitrogens with zero attached hydrogens (tertiary/aromatic N) is 3. The van der Waals surface area contributed by atoms with E-state index in [0.29, 0.717) is 18.3 Å². The number of aromatic nitrogens is 3. The van der Waals surface area contributed by atoms with E-state index in [9.17, 15) is 4.39 Å². The Bertz CT molecular complexity index is 578. The molecule has 2 unspecified atom stereocenters. The first-order valence-electron chi connectivity index (χ1n) is 6.10. The molecule has 0 bridgehead atoms. The maximum absolute atomic E-state index is 13.3. The average molecular weight is 246 g/mol. The molecular formula is C13H15FN4. The lowest BCUT2D eigenvalue weighted by Gasteiger charge is -2.25. The van der Waals surface area contributed by atoms with E-state index in [1.54, 1.807) is 6.07 Å². The largest absolute Gasteiger partial charge is 0.326 e. The monoisotopic (exact) mass is 246 g/mol. The zero-order valence-corrected chi connectivity index (χ0v) is 10.2. The summed E-state index contributed by atoms with van der Waals surface area (Å²) >= 11 is 0. The molecule has 18 heavy (non-hydrogen) atoms. The van der Waals surface area contributed by atoms with Gasteiger partial charge in [0.15, 0.2) is 5.82 Å². The lowest BCUT2D eigenvalue weighted by molar-refractivity contribution is 0.409. The lowest BCUT2D eigenvalue weighted by atomic mass is 9.97. The first-order valence-corrected chi connectivity index (χ1v) is 6.10. The van der Waals surface area contributed by atoms with Gasteiger partial charge in [-0.1, -0.05) is 19.1 Å². The Labute approximate surface area is 105 Å². The SMILES string of the molecule is CC1CC(N)Cn2c(-c3cccc(F)c3)nnc21. The zero-order chi connectivity index (χ0) is 12.7. The van der Waals surface area contributed by atoms with E-state index in [1.807, 2.05) is 10.6 Å².